The number of fused-ring (bicyclic) bond motifs is 1. The van der Waals surface area contributed by atoms with E-state index in [1.807, 2.05) is 0 Å². The lowest BCUT2D eigenvalue weighted by molar-refractivity contribution is 0.799. The zero-order valence-electron chi connectivity index (χ0n) is 10.0. The molecule has 0 radical (unpaired) electrons. The van der Waals surface area contributed by atoms with Gasteiger partial charge in [-0.1, -0.05) is 57.0 Å². The molecule has 1 aliphatic carbocycles. The first kappa shape index (κ1) is 10.5. The molecule has 0 nitrogen and oxygen atoms in total. The van der Waals surface area contributed by atoms with Crippen molar-refractivity contribution in [2.45, 2.75) is 46.0 Å². The summed E-state index contributed by atoms with van der Waals surface area (Å²) in [5.74, 6) is 0.649. The monoisotopic (exact) mass is 200 g/mol. The van der Waals surface area contributed by atoms with E-state index < -0.39 is 0 Å². The number of allylic oxidation sites excluding steroid dienone is 2. The van der Waals surface area contributed by atoms with Gasteiger partial charge in [0.2, 0.25) is 0 Å². The third-order valence-electron chi connectivity index (χ3n) is 3.54. The molecule has 0 spiro atoms. The fourth-order valence-corrected chi connectivity index (χ4v) is 2.83. The molecule has 0 bridgehead atoms. The van der Waals surface area contributed by atoms with Crippen LogP contribution in [0.1, 0.15) is 57.1 Å². The molecule has 0 amide bonds. The van der Waals surface area contributed by atoms with E-state index in [0.29, 0.717) is 5.92 Å². The first-order chi connectivity index (χ1) is 7.29. The third kappa shape index (κ3) is 1.62. The summed E-state index contributed by atoms with van der Waals surface area (Å²) in [5, 5.41) is 0. The van der Waals surface area contributed by atoms with Gasteiger partial charge in [-0.05, 0) is 29.5 Å². The Kier molecular flexibility index (Phi) is 2.95. The van der Waals surface area contributed by atoms with E-state index >= 15 is 0 Å². The van der Waals surface area contributed by atoms with Gasteiger partial charge in [0.1, 0.15) is 0 Å². The van der Waals surface area contributed by atoms with Gasteiger partial charge in [0.25, 0.3) is 0 Å². The average molecular weight is 200 g/mol. The topological polar surface area (TPSA) is 0 Å². The van der Waals surface area contributed by atoms with Crippen molar-refractivity contribution in [3.8, 4) is 0 Å². The molecule has 1 aromatic rings. The molecule has 0 saturated heterocycles. The molecular formula is C15H20. The van der Waals surface area contributed by atoms with Gasteiger partial charge in [-0.2, -0.15) is 0 Å². The van der Waals surface area contributed by atoms with E-state index in [1.54, 1.807) is 11.1 Å². The molecule has 0 heterocycles. The van der Waals surface area contributed by atoms with Crippen molar-refractivity contribution in [3.63, 3.8) is 0 Å². The molecule has 1 aromatic carbocycles. The maximum absolute atomic E-state index is 2.35. The first-order valence-corrected chi connectivity index (χ1v) is 6.10. The molecule has 1 atom stereocenters. The zero-order chi connectivity index (χ0) is 10.8. The van der Waals surface area contributed by atoms with Gasteiger partial charge >= 0.3 is 0 Å². The Morgan fingerprint density at radius 2 is 1.87 bits per heavy atom. The summed E-state index contributed by atoms with van der Waals surface area (Å²) in [6.45, 7) is 6.91. The Labute approximate surface area is 93.0 Å². The number of hydrogen-bond donors (Lipinski definition) is 0. The largest absolute Gasteiger partial charge is 0.0651 e. The van der Waals surface area contributed by atoms with E-state index in [-0.39, 0.29) is 0 Å². The molecule has 1 aliphatic rings. The molecule has 0 unspecified atom stereocenters. The lowest BCUT2D eigenvalue weighted by Crippen LogP contribution is -1.92. The lowest BCUT2D eigenvalue weighted by Gasteiger charge is -2.10. The van der Waals surface area contributed by atoms with Crippen molar-refractivity contribution in [1.29, 1.82) is 0 Å². The van der Waals surface area contributed by atoms with Crippen molar-refractivity contribution in [3.05, 3.63) is 41.0 Å². The van der Waals surface area contributed by atoms with Crippen LogP contribution in [0.25, 0.3) is 5.57 Å². The number of rotatable bonds is 3. The lowest BCUT2D eigenvalue weighted by atomic mass is 9.95. The van der Waals surface area contributed by atoms with E-state index in [4.69, 9.17) is 0 Å². The van der Waals surface area contributed by atoms with Crippen LogP contribution >= 0.6 is 0 Å². The van der Waals surface area contributed by atoms with Crippen LogP contribution in [0, 0.1) is 0 Å². The summed E-state index contributed by atoms with van der Waals surface area (Å²) in [6, 6.07) is 8.90. The van der Waals surface area contributed by atoms with Crippen molar-refractivity contribution in [1.82, 2.24) is 0 Å². The quantitative estimate of drug-likeness (QED) is 0.659. The molecule has 15 heavy (non-hydrogen) atoms. The van der Waals surface area contributed by atoms with E-state index in [0.717, 1.165) is 0 Å². The Hall–Kier alpha value is -1.04. The van der Waals surface area contributed by atoms with Gasteiger partial charge in [-0.25, -0.2) is 0 Å². The molecule has 0 heteroatoms. The molecule has 0 aromatic heterocycles. The SMILES string of the molecule is CCCC1=C(CC)c2ccccc2[C@H]1C. The molecule has 0 saturated carbocycles. The second-order valence-electron chi connectivity index (χ2n) is 4.42. The van der Waals surface area contributed by atoms with Gasteiger partial charge in [-0.15, -0.1) is 0 Å². The van der Waals surface area contributed by atoms with Crippen LogP contribution < -0.4 is 0 Å². The van der Waals surface area contributed by atoms with Crippen LogP contribution in [0.15, 0.2) is 29.8 Å². The minimum Gasteiger partial charge on any atom is -0.0651 e. The van der Waals surface area contributed by atoms with Crippen molar-refractivity contribution < 1.29 is 0 Å². The summed E-state index contributed by atoms with van der Waals surface area (Å²) in [6.07, 6.45) is 3.70. The van der Waals surface area contributed by atoms with Gasteiger partial charge in [0.15, 0.2) is 0 Å². The predicted octanol–water partition coefficient (Wildman–Crippen LogP) is 4.77. The molecule has 0 aliphatic heterocycles. The maximum Gasteiger partial charge on any atom is 0.00318 e. The predicted molar refractivity (Wildman–Crippen MR) is 67.0 cm³/mol. The van der Waals surface area contributed by atoms with Gasteiger partial charge in [0.05, 0.1) is 0 Å². The Balaban J connectivity index is 2.48. The van der Waals surface area contributed by atoms with Crippen LogP contribution in [0.2, 0.25) is 0 Å². The average Bonchev–Trinajstić information content (AvgIpc) is 2.54. The van der Waals surface area contributed by atoms with Gasteiger partial charge in [-0.3, -0.25) is 0 Å². The summed E-state index contributed by atoms with van der Waals surface area (Å²) >= 11 is 0. The highest BCUT2D eigenvalue weighted by Crippen LogP contribution is 2.44. The van der Waals surface area contributed by atoms with Crippen LogP contribution in [0.3, 0.4) is 0 Å². The smallest absolute Gasteiger partial charge is 0.00318 e. The van der Waals surface area contributed by atoms with Gasteiger partial charge in [0, 0.05) is 5.92 Å². The third-order valence-corrected chi connectivity index (χ3v) is 3.54. The molecule has 0 N–H and O–H groups in total. The first-order valence-electron chi connectivity index (χ1n) is 6.10. The van der Waals surface area contributed by atoms with E-state index in [2.05, 4.69) is 45.0 Å². The zero-order valence-corrected chi connectivity index (χ0v) is 10.0. The normalized spacial score (nSPS) is 19.5. The fraction of sp³-hybridized carbons (Fsp3) is 0.467. The van der Waals surface area contributed by atoms with Crippen molar-refractivity contribution in [2.75, 3.05) is 0 Å². The second-order valence-corrected chi connectivity index (χ2v) is 4.42. The Morgan fingerprint density at radius 1 is 1.13 bits per heavy atom. The van der Waals surface area contributed by atoms with E-state index in [9.17, 15) is 0 Å². The maximum atomic E-state index is 2.35. The number of benzene rings is 1. The van der Waals surface area contributed by atoms with Crippen molar-refractivity contribution >= 4 is 5.57 Å². The second kappa shape index (κ2) is 4.22. The minimum absolute atomic E-state index is 0.649. The van der Waals surface area contributed by atoms with Gasteiger partial charge < -0.3 is 0 Å². The van der Waals surface area contributed by atoms with Crippen LogP contribution in [-0.4, -0.2) is 0 Å². The van der Waals surface area contributed by atoms with Crippen molar-refractivity contribution in [2.24, 2.45) is 0 Å². The Morgan fingerprint density at radius 3 is 2.53 bits per heavy atom. The minimum atomic E-state index is 0.649. The highest BCUT2D eigenvalue weighted by Gasteiger charge is 2.25. The van der Waals surface area contributed by atoms with Crippen LogP contribution in [0.5, 0.6) is 0 Å². The number of hydrogen-bond acceptors (Lipinski definition) is 0. The summed E-state index contributed by atoms with van der Waals surface area (Å²) in [7, 11) is 0. The molecular weight excluding hydrogens is 180 g/mol. The molecule has 2 rings (SSSR count). The standard InChI is InChI=1S/C15H20/c1-4-8-13-11(3)14-9-6-7-10-15(14)12(13)5-2/h6-7,9-11H,4-5,8H2,1-3H3/t11-/m0/s1. The van der Waals surface area contributed by atoms with Crippen LogP contribution in [0.4, 0.5) is 0 Å². The highest BCUT2D eigenvalue weighted by atomic mass is 14.3. The summed E-state index contributed by atoms with van der Waals surface area (Å²) < 4.78 is 0. The summed E-state index contributed by atoms with van der Waals surface area (Å²) in [4.78, 5) is 0. The fourth-order valence-electron chi connectivity index (χ4n) is 2.83. The van der Waals surface area contributed by atoms with E-state index in [1.165, 1.54) is 30.4 Å². The Bertz CT molecular complexity index is 385. The van der Waals surface area contributed by atoms with Crippen LogP contribution in [-0.2, 0) is 0 Å². The molecule has 0 fully saturated rings. The highest BCUT2D eigenvalue weighted by molar-refractivity contribution is 5.78. The molecule has 80 valence electrons. The summed E-state index contributed by atoms with van der Waals surface area (Å²) in [5.41, 5.74) is 6.34.